The smallest absolute Gasteiger partial charge is 0.259 e. The van der Waals surface area contributed by atoms with Gasteiger partial charge in [-0.15, -0.1) is 0 Å². The summed E-state index contributed by atoms with van der Waals surface area (Å²) in [5.41, 5.74) is 8.64. The lowest BCUT2D eigenvalue weighted by molar-refractivity contribution is 0.102. The number of nitrogen functional groups attached to an aromatic ring is 1. The lowest BCUT2D eigenvalue weighted by Crippen LogP contribution is -2.14. The maximum Gasteiger partial charge on any atom is 0.259 e. The number of fused-ring (bicyclic) bond motifs is 1. The molecule has 2 aromatic carbocycles. The van der Waals surface area contributed by atoms with Crippen molar-refractivity contribution in [3.05, 3.63) is 94.2 Å². The fourth-order valence-electron chi connectivity index (χ4n) is 3.30. The minimum absolute atomic E-state index is 0.139. The Balaban J connectivity index is 1.77. The Bertz CT molecular complexity index is 1250. The SMILES string of the molecule is COc1ccc(NC(=O)c2c(N)c(C(=O)c3ccc(Br)cc3)n3ccccc23)cc1. The van der Waals surface area contributed by atoms with Crippen LogP contribution in [0.1, 0.15) is 26.4 Å². The van der Waals surface area contributed by atoms with E-state index in [9.17, 15) is 9.59 Å². The van der Waals surface area contributed by atoms with E-state index in [1.54, 1.807) is 84.4 Å². The van der Waals surface area contributed by atoms with Gasteiger partial charge in [0.1, 0.15) is 11.4 Å². The van der Waals surface area contributed by atoms with E-state index in [0.717, 1.165) is 4.47 Å². The third kappa shape index (κ3) is 3.55. The van der Waals surface area contributed by atoms with E-state index in [-0.39, 0.29) is 22.7 Å². The molecule has 0 aliphatic carbocycles. The summed E-state index contributed by atoms with van der Waals surface area (Å²) in [7, 11) is 1.57. The van der Waals surface area contributed by atoms with Gasteiger partial charge < -0.3 is 20.2 Å². The summed E-state index contributed by atoms with van der Waals surface area (Å²) in [5, 5.41) is 2.84. The van der Waals surface area contributed by atoms with Gasteiger partial charge in [-0.05, 0) is 60.7 Å². The lowest BCUT2D eigenvalue weighted by atomic mass is 10.1. The Hall–Kier alpha value is -3.58. The summed E-state index contributed by atoms with van der Waals surface area (Å²) >= 11 is 3.37. The highest BCUT2D eigenvalue weighted by Gasteiger charge is 2.26. The number of hydrogen-bond donors (Lipinski definition) is 2. The average Bonchev–Trinajstić information content (AvgIpc) is 3.06. The molecule has 0 atom stereocenters. The molecule has 0 aliphatic heterocycles. The van der Waals surface area contributed by atoms with Crippen LogP contribution in [0.4, 0.5) is 11.4 Å². The van der Waals surface area contributed by atoms with Gasteiger partial charge in [-0.3, -0.25) is 9.59 Å². The highest BCUT2D eigenvalue weighted by molar-refractivity contribution is 9.10. The standard InChI is InChI=1S/C23H18BrN3O3/c1-30-17-11-9-16(10-12-17)26-23(29)19-18-4-2-3-13-27(18)21(20(19)25)22(28)14-5-7-15(24)8-6-14/h2-13H,25H2,1H3,(H,26,29). The first-order chi connectivity index (χ1) is 14.5. The number of nitrogens with two attached hydrogens (primary N) is 1. The largest absolute Gasteiger partial charge is 0.497 e. The minimum Gasteiger partial charge on any atom is -0.497 e. The van der Waals surface area contributed by atoms with E-state index in [0.29, 0.717) is 22.5 Å². The summed E-state index contributed by atoms with van der Waals surface area (Å²) in [4.78, 5) is 26.3. The van der Waals surface area contributed by atoms with Crippen LogP contribution in [0.5, 0.6) is 5.75 Å². The van der Waals surface area contributed by atoms with Crippen molar-refractivity contribution in [1.29, 1.82) is 0 Å². The number of carbonyl (C=O) groups is 2. The number of pyridine rings is 1. The molecule has 0 radical (unpaired) electrons. The number of hydrogen-bond acceptors (Lipinski definition) is 4. The molecule has 2 heterocycles. The van der Waals surface area contributed by atoms with Crippen LogP contribution in [0.15, 0.2) is 77.4 Å². The average molecular weight is 464 g/mol. The zero-order chi connectivity index (χ0) is 21.3. The summed E-state index contributed by atoms with van der Waals surface area (Å²) in [6, 6.07) is 19.3. The molecule has 0 saturated carbocycles. The Labute approximate surface area is 181 Å². The predicted octanol–water partition coefficient (Wildman–Crippen LogP) is 4.78. The number of ketones is 1. The van der Waals surface area contributed by atoms with Crippen molar-refractivity contribution in [1.82, 2.24) is 4.40 Å². The second-order valence-electron chi connectivity index (χ2n) is 6.61. The number of methoxy groups -OCH3 is 1. The molecule has 7 heteroatoms. The number of carbonyl (C=O) groups excluding carboxylic acids is 2. The lowest BCUT2D eigenvalue weighted by Gasteiger charge is -2.07. The normalized spacial score (nSPS) is 10.7. The molecule has 0 unspecified atom stereocenters. The van der Waals surface area contributed by atoms with Crippen molar-refractivity contribution >= 4 is 44.5 Å². The molecule has 1 amide bonds. The number of nitrogens with zero attached hydrogens (tertiary/aromatic N) is 1. The Morgan fingerprint density at radius 2 is 1.70 bits per heavy atom. The zero-order valence-electron chi connectivity index (χ0n) is 16.1. The fraction of sp³-hybridized carbons (Fsp3) is 0.0435. The molecule has 30 heavy (non-hydrogen) atoms. The van der Waals surface area contributed by atoms with Gasteiger partial charge in [0.15, 0.2) is 0 Å². The van der Waals surface area contributed by atoms with E-state index in [1.807, 2.05) is 0 Å². The van der Waals surface area contributed by atoms with Crippen LogP contribution >= 0.6 is 15.9 Å². The van der Waals surface area contributed by atoms with E-state index < -0.39 is 5.91 Å². The third-order valence-electron chi connectivity index (χ3n) is 4.78. The molecule has 0 saturated heterocycles. The summed E-state index contributed by atoms with van der Waals surface area (Å²) in [6.45, 7) is 0. The molecule has 0 bridgehead atoms. The van der Waals surface area contributed by atoms with Crippen LogP contribution in [0.2, 0.25) is 0 Å². The first-order valence-corrected chi connectivity index (χ1v) is 9.93. The summed E-state index contributed by atoms with van der Waals surface area (Å²) < 4.78 is 7.66. The van der Waals surface area contributed by atoms with E-state index >= 15 is 0 Å². The molecule has 2 aromatic heterocycles. The molecule has 6 nitrogen and oxygen atoms in total. The van der Waals surface area contributed by atoms with Crippen molar-refractivity contribution in [3.8, 4) is 5.75 Å². The number of aromatic nitrogens is 1. The van der Waals surface area contributed by atoms with Gasteiger partial charge in [0.05, 0.1) is 23.9 Å². The van der Waals surface area contributed by atoms with Gasteiger partial charge in [0, 0.05) is 21.9 Å². The van der Waals surface area contributed by atoms with Crippen LogP contribution in [0.3, 0.4) is 0 Å². The van der Waals surface area contributed by atoms with Gasteiger partial charge in [-0.1, -0.05) is 22.0 Å². The van der Waals surface area contributed by atoms with Gasteiger partial charge >= 0.3 is 0 Å². The quantitative estimate of drug-likeness (QED) is 0.417. The number of benzene rings is 2. The molecule has 0 fully saturated rings. The van der Waals surface area contributed by atoms with Crippen LogP contribution < -0.4 is 15.8 Å². The van der Waals surface area contributed by atoms with Crippen LogP contribution in [-0.2, 0) is 0 Å². The first-order valence-electron chi connectivity index (χ1n) is 9.14. The van der Waals surface area contributed by atoms with E-state index in [1.165, 1.54) is 0 Å². The highest BCUT2D eigenvalue weighted by Crippen LogP contribution is 2.29. The van der Waals surface area contributed by atoms with Gasteiger partial charge in [-0.25, -0.2) is 0 Å². The highest BCUT2D eigenvalue weighted by atomic mass is 79.9. The van der Waals surface area contributed by atoms with Crippen LogP contribution in [0, 0.1) is 0 Å². The predicted molar refractivity (Wildman–Crippen MR) is 120 cm³/mol. The van der Waals surface area contributed by atoms with Gasteiger partial charge in [0.25, 0.3) is 5.91 Å². The molecular weight excluding hydrogens is 446 g/mol. The van der Waals surface area contributed by atoms with E-state index in [4.69, 9.17) is 10.5 Å². The minimum atomic E-state index is -0.392. The number of nitrogens with one attached hydrogen (secondary N) is 1. The number of anilines is 2. The molecule has 0 aliphatic rings. The first kappa shape index (κ1) is 19.7. The second kappa shape index (κ2) is 8.04. The summed E-state index contributed by atoms with van der Waals surface area (Å²) in [5.74, 6) is 0.0325. The van der Waals surface area contributed by atoms with Crippen molar-refractivity contribution in [2.75, 3.05) is 18.2 Å². The zero-order valence-corrected chi connectivity index (χ0v) is 17.6. The van der Waals surface area contributed by atoms with Crippen LogP contribution in [-0.4, -0.2) is 23.2 Å². The van der Waals surface area contributed by atoms with E-state index in [2.05, 4.69) is 21.2 Å². The van der Waals surface area contributed by atoms with Crippen LogP contribution in [0.25, 0.3) is 5.52 Å². The maximum absolute atomic E-state index is 13.2. The van der Waals surface area contributed by atoms with Crippen molar-refractivity contribution < 1.29 is 14.3 Å². The molecular formula is C23H18BrN3O3. The topological polar surface area (TPSA) is 85.8 Å². The molecule has 0 spiro atoms. The number of halogens is 1. The third-order valence-corrected chi connectivity index (χ3v) is 5.31. The monoisotopic (exact) mass is 463 g/mol. The van der Waals surface area contributed by atoms with Crippen molar-refractivity contribution in [3.63, 3.8) is 0 Å². The molecule has 3 N–H and O–H groups in total. The number of rotatable bonds is 5. The molecule has 150 valence electrons. The van der Waals surface area contributed by atoms with Crippen molar-refractivity contribution in [2.24, 2.45) is 0 Å². The Kier molecular flexibility index (Phi) is 5.29. The number of amides is 1. The molecule has 4 aromatic rings. The van der Waals surface area contributed by atoms with Crippen molar-refractivity contribution in [2.45, 2.75) is 0 Å². The second-order valence-corrected chi connectivity index (χ2v) is 7.53. The molecule has 4 rings (SSSR count). The Morgan fingerprint density at radius 3 is 2.37 bits per heavy atom. The number of ether oxygens (including phenoxy) is 1. The Morgan fingerprint density at radius 1 is 1.00 bits per heavy atom. The van der Waals surface area contributed by atoms with Gasteiger partial charge in [0.2, 0.25) is 5.78 Å². The van der Waals surface area contributed by atoms with Gasteiger partial charge in [-0.2, -0.15) is 0 Å². The fourth-order valence-corrected chi connectivity index (χ4v) is 3.57. The maximum atomic E-state index is 13.2. The summed E-state index contributed by atoms with van der Waals surface area (Å²) in [6.07, 6.45) is 1.72.